The fraction of sp³-hybridized carbons (Fsp3) is 0.188. The molecular formula is C32H30ClNO5S. The van der Waals surface area contributed by atoms with Gasteiger partial charge < -0.3 is 19.5 Å². The Labute approximate surface area is 243 Å². The van der Waals surface area contributed by atoms with Crippen LogP contribution >= 0.6 is 22.9 Å². The maximum atomic E-state index is 12.9. The van der Waals surface area contributed by atoms with Crippen LogP contribution < -0.4 is 14.8 Å². The number of methoxy groups -OCH3 is 1. The molecule has 0 bridgehead atoms. The summed E-state index contributed by atoms with van der Waals surface area (Å²) in [6, 6.07) is 18.8. The SMILES string of the molecule is CCOC(=O)c1c(-c2ccc(C)c(C)c2)csc1NC(=O)/C=C/c1ccc(OCc2ccc(Cl)cc2)c(OC)c1. The van der Waals surface area contributed by atoms with Crippen LogP contribution in [0, 0.1) is 13.8 Å². The molecule has 0 saturated carbocycles. The molecular weight excluding hydrogens is 546 g/mol. The van der Waals surface area contributed by atoms with E-state index in [0.717, 1.165) is 33.4 Å². The number of nitrogens with one attached hydrogen (secondary N) is 1. The van der Waals surface area contributed by atoms with E-state index in [9.17, 15) is 9.59 Å². The third-order valence-corrected chi connectivity index (χ3v) is 7.40. The maximum absolute atomic E-state index is 12.9. The number of hydrogen-bond acceptors (Lipinski definition) is 6. The molecule has 1 aromatic heterocycles. The number of esters is 1. The first-order valence-corrected chi connectivity index (χ1v) is 14.0. The van der Waals surface area contributed by atoms with Crippen molar-refractivity contribution < 1.29 is 23.8 Å². The van der Waals surface area contributed by atoms with Crippen LogP contribution in [-0.4, -0.2) is 25.6 Å². The Kier molecular flexibility index (Phi) is 9.64. The summed E-state index contributed by atoms with van der Waals surface area (Å²) >= 11 is 7.23. The van der Waals surface area contributed by atoms with E-state index in [4.69, 9.17) is 25.8 Å². The minimum absolute atomic E-state index is 0.232. The van der Waals surface area contributed by atoms with Gasteiger partial charge >= 0.3 is 5.97 Å². The predicted molar refractivity (Wildman–Crippen MR) is 162 cm³/mol. The van der Waals surface area contributed by atoms with Crippen molar-refractivity contribution in [1.82, 2.24) is 0 Å². The van der Waals surface area contributed by atoms with Gasteiger partial charge in [0, 0.05) is 22.0 Å². The highest BCUT2D eigenvalue weighted by atomic mass is 35.5. The lowest BCUT2D eigenvalue weighted by Crippen LogP contribution is -2.12. The molecule has 206 valence electrons. The normalized spacial score (nSPS) is 10.9. The zero-order valence-corrected chi connectivity index (χ0v) is 24.3. The number of ether oxygens (including phenoxy) is 3. The van der Waals surface area contributed by atoms with Crippen LogP contribution in [0.4, 0.5) is 5.00 Å². The molecule has 40 heavy (non-hydrogen) atoms. The van der Waals surface area contributed by atoms with E-state index in [0.29, 0.717) is 33.7 Å². The zero-order valence-electron chi connectivity index (χ0n) is 22.7. The second-order valence-electron chi connectivity index (χ2n) is 9.02. The van der Waals surface area contributed by atoms with Crippen LogP contribution in [0.5, 0.6) is 11.5 Å². The van der Waals surface area contributed by atoms with E-state index in [2.05, 4.69) is 5.32 Å². The van der Waals surface area contributed by atoms with Crippen molar-refractivity contribution in [3.8, 4) is 22.6 Å². The molecule has 0 radical (unpaired) electrons. The molecule has 4 aromatic rings. The summed E-state index contributed by atoms with van der Waals surface area (Å²) in [6.07, 6.45) is 3.08. The van der Waals surface area contributed by atoms with E-state index >= 15 is 0 Å². The minimum Gasteiger partial charge on any atom is -0.493 e. The molecule has 6 nitrogen and oxygen atoms in total. The highest BCUT2D eigenvalue weighted by Gasteiger charge is 2.22. The fourth-order valence-electron chi connectivity index (χ4n) is 3.95. The summed E-state index contributed by atoms with van der Waals surface area (Å²) in [5, 5.41) is 5.81. The number of rotatable bonds is 10. The van der Waals surface area contributed by atoms with Gasteiger partial charge in [0.2, 0.25) is 5.91 Å². The van der Waals surface area contributed by atoms with Gasteiger partial charge in [-0.15, -0.1) is 11.3 Å². The quantitative estimate of drug-likeness (QED) is 0.153. The Balaban J connectivity index is 1.49. The van der Waals surface area contributed by atoms with Gasteiger partial charge in [-0.1, -0.05) is 48.0 Å². The number of hydrogen-bond donors (Lipinski definition) is 1. The fourth-order valence-corrected chi connectivity index (χ4v) is 5.04. The summed E-state index contributed by atoms with van der Waals surface area (Å²) in [6.45, 7) is 6.41. The zero-order chi connectivity index (χ0) is 28.6. The lowest BCUT2D eigenvalue weighted by atomic mass is 9.99. The molecule has 0 unspecified atom stereocenters. The first-order valence-electron chi connectivity index (χ1n) is 12.7. The van der Waals surface area contributed by atoms with Crippen LogP contribution in [-0.2, 0) is 16.1 Å². The molecule has 0 fully saturated rings. The van der Waals surface area contributed by atoms with Crippen molar-refractivity contribution in [3.05, 3.63) is 105 Å². The van der Waals surface area contributed by atoms with Gasteiger partial charge in [-0.3, -0.25) is 4.79 Å². The molecule has 0 aliphatic rings. The smallest absolute Gasteiger partial charge is 0.341 e. The molecule has 1 N–H and O–H groups in total. The average molecular weight is 576 g/mol. The summed E-state index contributed by atoms with van der Waals surface area (Å²) in [5.41, 5.74) is 5.97. The number of halogens is 1. The molecule has 0 aliphatic heterocycles. The second-order valence-corrected chi connectivity index (χ2v) is 10.3. The van der Waals surface area contributed by atoms with Gasteiger partial charge in [-0.2, -0.15) is 0 Å². The Morgan fingerprint density at radius 3 is 2.45 bits per heavy atom. The number of anilines is 1. The van der Waals surface area contributed by atoms with E-state index in [1.54, 1.807) is 32.2 Å². The second kappa shape index (κ2) is 13.3. The predicted octanol–water partition coefficient (Wildman–Crippen LogP) is 8.10. The number of thiophene rings is 1. The topological polar surface area (TPSA) is 73.9 Å². The highest BCUT2D eigenvalue weighted by Crippen LogP contribution is 2.37. The molecule has 4 rings (SSSR count). The lowest BCUT2D eigenvalue weighted by molar-refractivity contribution is -0.111. The molecule has 0 spiro atoms. The minimum atomic E-state index is -0.477. The van der Waals surface area contributed by atoms with Gasteiger partial charge in [0.1, 0.15) is 17.2 Å². The summed E-state index contributed by atoms with van der Waals surface area (Å²) in [4.78, 5) is 25.7. The third kappa shape index (κ3) is 7.11. The molecule has 1 heterocycles. The number of aryl methyl sites for hydroxylation is 2. The van der Waals surface area contributed by atoms with Gasteiger partial charge in [0.05, 0.1) is 13.7 Å². The van der Waals surface area contributed by atoms with Gasteiger partial charge in [-0.25, -0.2) is 4.79 Å². The molecule has 1 amide bonds. The molecule has 8 heteroatoms. The van der Waals surface area contributed by atoms with Crippen molar-refractivity contribution in [1.29, 1.82) is 0 Å². The number of carbonyl (C=O) groups excluding carboxylic acids is 2. The molecule has 3 aromatic carbocycles. The first-order chi connectivity index (χ1) is 19.3. The maximum Gasteiger partial charge on any atom is 0.341 e. The van der Waals surface area contributed by atoms with E-state index in [1.165, 1.54) is 17.4 Å². The number of amides is 1. The van der Waals surface area contributed by atoms with Crippen molar-refractivity contribution in [2.75, 3.05) is 19.0 Å². The van der Waals surface area contributed by atoms with Gasteiger partial charge in [0.15, 0.2) is 11.5 Å². The standard InChI is InChI=1S/C32H30ClNO5S/c1-5-38-32(36)30-26(24-11-6-20(2)21(3)16-24)19-40-31(30)34-29(35)15-10-22-9-14-27(28(17-22)37-4)39-18-23-7-12-25(33)13-8-23/h6-17,19H,5,18H2,1-4H3,(H,34,35)/b15-10+. The largest absolute Gasteiger partial charge is 0.493 e. The van der Waals surface area contributed by atoms with Crippen molar-refractivity contribution >= 4 is 45.9 Å². The van der Waals surface area contributed by atoms with Crippen molar-refractivity contribution in [2.24, 2.45) is 0 Å². The third-order valence-electron chi connectivity index (χ3n) is 6.25. The molecule has 0 aliphatic carbocycles. The highest BCUT2D eigenvalue weighted by molar-refractivity contribution is 7.15. The van der Waals surface area contributed by atoms with Crippen LogP contribution in [0.3, 0.4) is 0 Å². The van der Waals surface area contributed by atoms with Crippen LogP contribution in [0.2, 0.25) is 5.02 Å². The van der Waals surface area contributed by atoms with Crippen LogP contribution in [0.15, 0.2) is 72.1 Å². The Hall–Kier alpha value is -4.07. The summed E-state index contributed by atoms with van der Waals surface area (Å²) < 4.78 is 16.7. The Morgan fingerprint density at radius 2 is 1.75 bits per heavy atom. The van der Waals surface area contributed by atoms with Crippen LogP contribution in [0.25, 0.3) is 17.2 Å². The summed E-state index contributed by atoms with van der Waals surface area (Å²) in [7, 11) is 1.56. The monoisotopic (exact) mass is 575 g/mol. The summed E-state index contributed by atoms with van der Waals surface area (Å²) in [5.74, 6) is 0.268. The van der Waals surface area contributed by atoms with E-state index in [1.807, 2.05) is 67.8 Å². The molecule has 0 atom stereocenters. The first kappa shape index (κ1) is 28.9. The van der Waals surface area contributed by atoms with E-state index < -0.39 is 5.97 Å². The Bertz CT molecular complexity index is 1540. The van der Waals surface area contributed by atoms with Gasteiger partial charge in [-0.05, 0) is 78.9 Å². The molecule has 0 saturated heterocycles. The lowest BCUT2D eigenvalue weighted by Gasteiger charge is -2.11. The number of benzene rings is 3. The van der Waals surface area contributed by atoms with E-state index in [-0.39, 0.29) is 12.5 Å². The van der Waals surface area contributed by atoms with Crippen molar-refractivity contribution in [3.63, 3.8) is 0 Å². The Morgan fingerprint density at radius 1 is 0.975 bits per heavy atom. The van der Waals surface area contributed by atoms with Crippen LogP contribution in [0.1, 0.15) is 39.5 Å². The van der Waals surface area contributed by atoms with Gasteiger partial charge in [0.25, 0.3) is 0 Å². The van der Waals surface area contributed by atoms with Crippen molar-refractivity contribution in [2.45, 2.75) is 27.4 Å². The average Bonchev–Trinajstić information content (AvgIpc) is 3.36. The number of carbonyl (C=O) groups is 2.